The molecular formula is C12H16N4OS. The largest absolute Gasteiger partial charge is 0.399 e. The zero-order valence-corrected chi connectivity index (χ0v) is 11.2. The van der Waals surface area contributed by atoms with Crippen LogP contribution in [0, 0.1) is 0 Å². The summed E-state index contributed by atoms with van der Waals surface area (Å²) in [6, 6.07) is 7.66. The second kappa shape index (κ2) is 4.99. The summed E-state index contributed by atoms with van der Waals surface area (Å²) in [5, 5.41) is 3.87. The Labute approximate surface area is 110 Å². The molecule has 0 aliphatic rings. The van der Waals surface area contributed by atoms with E-state index in [2.05, 4.69) is 10.1 Å². The summed E-state index contributed by atoms with van der Waals surface area (Å²) in [4.78, 5) is 5.37. The highest BCUT2D eigenvalue weighted by Crippen LogP contribution is 2.23. The average Bonchev–Trinajstić information content (AvgIpc) is 2.77. The average molecular weight is 264 g/mol. The maximum Gasteiger partial charge on any atom is 0.237 e. The van der Waals surface area contributed by atoms with Gasteiger partial charge in [0.1, 0.15) is 0 Å². The number of anilines is 1. The van der Waals surface area contributed by atoms with Crippen molar-refractivity contribution in [3.05, 3.63) is 36.0 Å². The van der Waals surface area contributed by atoms with Gasteiger partial charge in [-0.2, -0.15) is 4.98 Å². The van der Waals surface area contributed by atoms with Crippen molar-refractivity contribution in [3.8, 4) is 0 Å². The fraction of sp³-hybridized carbons (Fsp3) is 0.333. The van der Waals surface area contributed by atoms with Crippen LogP contribution in [-0.2, 0) is 11.3 Å². The molecule has 0 aliphatic heterocycles. The minimum atomic E-state index is -0.576. The van der Waals surface area contributed by atoms with Crippen LogP contribution in [0.1, 0.15) is 25.6 Å². The van der Waals surface area contributed by atoms with Crippen LogP contribution < -0.4 is 11.5 Å². The molecule has 6 heteroatoms. The van der Waals surface area contributed by atoms with Crippen molar-refractivity contribution in [2.45, 2.75) is 30.0 Å². The number of hydrogen-bond acceptors (Lipinski definition) is 6. The minimum Gasteiger partial charge on any atom is -0.399 e. The van der Waals surface area contributed by atoms with Gasteiger partial charge in [-0.1, -0.05) is 5.16 Å². The van der Waals surface area contributed by atoms with Crippen LogP contribution in [0.3, 0.4) is 0 Å². The van der Waals surface area contributed by atoms with E-state index in [0.717, 1.165) is 10.6 Å². The molecule has 2 aromatic rings. The van der Waals surface area contributed by atoms with Gasteiger partial charge in [0.15, 0.2) is 5.82 Å². The lowest BCUT2D eigenvalue weighted by Crippen LogP contribution is -2.30. The van der Waals surface area contributed by atoms with Crippen molar-refractivity contribution in [2.24, 2.45) is 5.73 Å². The van der Waals surface area contributed by atoms with Gasteiger partial charge in [0, 0.05) is 10.6 Å². The summed E-state index contributed by atoms with van der Waals surface area (Å²) in [6.45, 7) is 3.68. The Morgan fingerprint density at radius 3 is 2.50 bits per heavy atom. The third-order valence-corrected chi connectivity index (χ3v) is 3.28. The number of hydrogen-bond donors (Lipinski definition) is 2. The Bertz CT molecular complexity index is 516. The van der Waals surface area contributed by atoms with Gasteiger partial charge in [-0.25, -0.2) is 0 Å². The van der Waals surface area contributed by atoms with Gasteiger partial charge in [0.2, 0.25) is 5.89 Å². The fourth-order valence-corrected chi connectivity index (χ4v) is 2.02. The second-order valence-electron chi connectivity index (χ2n) is 4.59. The van der Waals surface area contributed by atoms with Gasteiger partial charge < -0.3 is 16.0 Å². The van der Waals surface area contributed by atoms with E-state index in [4.69, 9.17) is 16.0 Å². The molecule has 0 unspecified atom stereocenters. The van der Waals surface area contributed by atoms with Crippen molar-refractivity contribution in [2.75, 3.05) is 5.73 Å². The van der Waals surface area contributed by atoms with Crippen molar-refractivity contribution < 1.29 is 4.52 Å². The van der Waals surface area contributed by atoms with Gasteiger partial charge in [-0.05, 0) is 38.1 Å². The molecule has 2 rings (SSSR count). The first-order valence-corrected chi connectivity index (χ1v) is 6.54. The Hall–Kier alpha value is -1.53. The molecule has 1 aromatic heterocycles. The van der Waals surface area contributed by atoms with E-state index in [9.17, 15) is 0 Å². The summed E-state index contributed by atoms with van der Waals surface area (Å²) in [6.07, 6.45) is 0. The highest BCUT2D eigenvalue weighted by atomic mass is 32.2. The van der Waals surface area contributed by atoms with E-state index in [0.29, 0.717) is 17.5 Å². The standard InChI is InChI=1S/C12H16N4OS/c1-12(2,14)11-15-10(17-16-11)7-18-9-5-3-8(13)4-6-9/h3-6H,7,13-14H2,1-2H3. The molecule has 18 heavy (non-hydrogen) atoms. The summed E-state index contributed by atoms with van der Waals surface area (Å²) in [7, 11) is 0. The number of nitrogens with zero attached hydrogens (tertiary/aromatic N) is 2. The van der Waals surface area contributed by atoms with Gasteiger partial charge in [0.25, 0.3) is 0 Å². The maximum absolute atomic E-state index is 5.89. The molecular weight excluding hydrogens is 248 g/mol. The third-order valence-electron chi connectivity index (χ3n) is 2.29. The number of aromatic nitrogens is 2. The number of nitrogen functional groups attached to an aromatic ring is 1. The Balaban J connectivity index is 1.98. The highest BCUT2D eigenvalue weighted by molar-refractivity contribution is 7.98. The monoisotopic (exact) mass is 264 g/mol. The number of thioether (sulfide) groups is 1. The molecule has 0 fully saturated rings. The van der Waals surface area contributed by atoms with Crippen molar-refractivity contribution >= 4 is 17.4 Å². The summed E-state index contributed by atoms with van der Waals surface area (Å²) in [5.41, 5.74) is 11.7. The van der Waals surface area contributed by atoms with E-state index < -0.39 is 5.54 Å². The molecule has 0 radical (unpaired) electrons. The van der Waals surface area contributed by atoms with Gasteiger partial charge in [0.05, 0.1) is 11.3 Å². The second-order valence-corrected chi connectivity index (χ2v) is 5.64. The first kappa shape index (κ1) is 12.9. The van der Waals surface area contributed by atoms with Crippen LogP contribution in [0.5, 0.6) is 0 Å². The molecule has 4 N–H and O–H groups in total. The predicted octanol–water partition coefficient (Wildman–Crippen LogP) is 2.14. The smallest absolute Gasteiger partial charge is 0.237 e. The normalized spacial score (nSPS) is 11.7. The summed E-state index contributed by atoms with van der Waals surface area (Å²) < 4.78 is 5.15. The molecule has 0 amide bonds. The molecule has 0 bridgehead atoms. The van der Waals surface area contributed by atoms with Crippen molar-refractivity contribution in [1.82, 2.24) is 10.1 Å². The van der Waals surface area contributed by atoms with E-state index in [1.807, 2.05) is 38.1 Å². The molecule has 0 saturated heterocycles. The summed E-state index contributed by atoms with van der Waals surface area (Å²) in [5.74, 6) is 1.72. The molecule has 1 aromatic carbocycles. The minimum absolute atomic E-state index is 0.524. The SMILES string of the molecule is CC(C)(N)c1noc(CSc2ccc(N)cc2)n1. The van der Waals surface area contributed by atoms with Crippen LogP contribution in [0.4, 0.5) is 5.69 Å². The van der Waals surface area contributed by atoms with E-state index in [-0.39, 0.29) is 0 Å². The van der Waals surface area contributed by atoms with E-state index in [1.165, 1.54) is 0 Å². The zero-order valence-electron chi connectivity index (χ0n) is 10.4. The van der Waals surface area contributed by atoms with E-state index in [1.54, 1.807) is 11.8 Å². The lowest BCUT2D eigenvalue weighted by Gasteiger charge is -2.11. The predicted molar refractivity (Wildman–Crippen MR) is 71.9 cm³/mol. The van der Waals surface area contributed by atoms with Crippen molar-refractivity contribution in [1.29, 1.82) is 0 Å². The molecule has 96 valence electrons. The third kappa shape index (κ3) is 3.24. The topological polar surface area (TPSA) is 91.0 Å². The van der Waals surface area contributed by atoms with Crippen LogP contribution in [0.2, 0.25) is 0 Å². The van der Waals surface area contributed by atoms with Crippen LogP contribution >= 0.6 is 11.8 Å². The van der Waals surface area contributed by atoms with E-state index >= 15 is 0 Å². The van der Waals surface area contributed by atoms with Crippen molar-refractivity contribution in [3.63, 3.8) is 0 Å². The lowest BCUT2D eigenvalue weighted by atomic mass is 10.1. The van der Waals surface area contributed by atoms with Gasteiger partial charge in [-0.3, -0.25) is 0 Å². The fourth-order valence-electron chi connectivity index (χ4n) is 1.28. The zero-order chi connectivity index (χ0) is 13.2. The molecule has 0 atom stereocenters. The first-order chi connectivity index (χ1) is 8.45. The molecule has 1 heterocycles. The van der Waals surface area contributed by atoms with Gasteiger partial charge in [-0.15, -0.1) is 11.8 Å². The highest BCUT2D eigenvalue weighted by Gasteiger charge is 2.21. The van der Waals surface area contributed by atoms with Crippen LogP contribution in [-0.4, -0.2) is 10.1 Å². The first-order valence-electron chi connectivity index (χ1n) is 5.55. The number of rotatable bonds is 4. The molecule has 0 saturated carbocycles. The molecule has 5 nitrogen and oxygen atoms in total. The number of nitrogens with two attached hydrogens (primary N) is 2. The molecule has 0 spiro atoms. The summed E-state index contributed by atoms with van der Waals surface area (Å²) >= 11 is 1.61. The van der Waals surface area contributed by atoms with Crippen LogP contribution in [0.15, 0.2) is 33.7 Å². The Morgan fingerprint density at radius 1 is 1.28 bits per heavy atom. The van der Waals surface area contributed by atoms with Crippen LogP contribution in [0.25, 0.3) is 0 Å². The lowest BCUT2D eigenvalue weighted by molar-refractivity contribution is 0.370. The quantitative estimate of drug-likeness (QED) is 0.649. The maximum atomic E-state index is 5.89. The Kier molecular flexibility index (Phi) is 3.58. The Morgan fingerprint density at radius 2 is 1.94 bits per heavy atom. The molecule has 0 aliphatic carbocycles. The van der Waals surface area contributed by atoms with Gasteiger partial charge >= 0.3 is 0 Å². The number of benzene rings is 1.